The number of ether oxygens (including phenoxy) is 1. The normalized spacial score (nSPS) is 10.9. The molecule has 0 atom stereocenters. The minimum atomic E-state index is -0.0539. The van der Waals surface area contributed by atoms with Crippen LogP contribution in [-0.4, -0.2) is 28.5 Å². The molecule has 0 aliphatic rings. The van der Waals surface area contributed by atoms with E-state index in [2.05, 4.69) is 41.8 Å². The third kappa shape index (κ3) is 2.94. The van der Waals surface area contributed by atoms with E-state index in [1.807, 2.05) is 0 Å². The lowest BCUT2D eigenvalue weighted by Crippen LogP contribution is -1.92. The SMILES string of the molecule is COc1cc(Br)c(Br)c(/C=N/c2ncccc2O)c1O. The molecule has 104 valence electrons. The summed E-state index contributed by atoms with van der Waals surface area (Å²) < 4.78 is 6.40. The highest BCUT2D eigenvalue weighted by atomic mass is 79.9. The highest BCUT2D eigenvalue weighted by Gasteiger charge is 2.14. The Balaban J connectivity index is 2.49. The Hall–Kier alpha value is -1.60. The summed E-state index contributed by atoms with van der Waals surface area (Å²) >= 11 is 6.70. The number of aliphatic imine (C=N–C) groups is 1. The number of methoxy groups -OCH3 is 1. The molecule has 0 fully saturated rings. The van der Waals surface area contributed by atoms with Crippen LogP contribution in [0.15, 0.2) is 38.3 Å². The maximum absolute atomic E-state index is 10.1. The second kappa shape index (κ2) is 6.23. The van der Waals surface area contributed by atoms with Gasteiger partial charge < -0.3 is 14.9 Å². The van der Waals surface area contributed by atoms with Gasteiger partial charge in [-0.15, -0.1) is 0 Å². The molecule has 1 heterocycles. The van der Waals surface area contributed by atoms with Gasteiger partial charge in [-0.05, 0) is 50.1 Å². The van der Waals surface area contributed by atoms with E-state index in [9.17, 15) is 10.2 Å². The predicted molar refractivity (Wildman–Crippen MR) is 83.2 cm³/mol. The molecule has 5 nitrogen and oxygen atoms in total. The number of aromatic hydroxyl groups is 2. The zero-order valence-electron chi connectivity index (χ0n) is 10.3. The van der Waals surface area contributed by atoms with Crippen LogP contribution in [0.4, 0.5) is 5.82 Å². The third-order valence-electron chi connectivity index (χ3n) is 2.49. The number of aromatic nitrogens is 1. The number of phenols is 1. The molecule has 1 aromatic heterocycles. The summed E-state index contributed by atoms with van der Waals surface area (Å²) in [5.41, 5.74) is 0.418. The first kappa shape index (κ1) is 14.8. The van der Waals surface area contributed by atoms with Crippen molar-refractivity contribution in [2.75, 3.05) is 7.11 Å². The van der Waals surface area contributed by atoms with Crippen LogP contribution in [0.3, 0.4) is 0 Å². The Kier molecular flexibility index (Phi) is 4.61. The number of rotatable bonds is 3. The van der Waals surface area contributed by atoms with Crippen LogP contribution in [0.2, 0.25) is 0 Å². The van der Waals surface area contributed by atoms with Gasteiger partial charge in [-0.3, -0.25) is 0 Å². The van der Waals surface area contributed by atoms with Crippen molar-refractivity contribution in [3.05, 3.63) is 38.9 Å². The fourth-order valence-electron chi connectivity index (χ4n) is 1.50. The van der Waals surface area contributed by atoms with Gasteiger partial charge in [0.25, 0.3) is 0 Å². The number of halogens is 2. The molecule has 0 saturated carbocycles. The molecule has 0 unspecified atom stereocenters. The van der Waals surface area contributed by atoms with Gasteiger partial charge in [-0.1, -0.05) is 0 Å². The van der Waals surface area contributed by atoms with E-state index in [-0.39, 0.29) is 17.3 Å². The van der Waals surface area contributed by atoms with E-state index >= 15 is 0 Å². The smallest absolute Gasteiger partial charge is 0.194 e. The van der Waals surface area contributed by atoms with Crippen molar-refractivity contribution in [3.63, 3.8) is 0 Å². The Morgan fingerprint density at radius 1 is 1.35 bits per heavy atom. The summed E-state index contributed by atoms with van der Waals surface area (Å²) in [7, 11) is 1.46. The van der Waals surface area contributed by atoms with E-state index in [4.69, 9.17) is 4.74 Å². The number of hydrogen-bond donors (Lipinski definition) is 2. The number of pyridine rings is 1. The van der Waals surface area contributed by atoms with Crippen LogP contribution in [0.25, 0.3) is 0 Å². The van der Waals surface area contributed by atoms with Gasteiger partial charge in [0.05, 0.1) is 12.7 Å². The zero-order valence-corrected chi connectivity index (χ0v) is 13.5. The van der Waals surface area contributed by atoms with Crippen molar-refractivity contribution in [2.45, 2.75) is 0 Å². The summed E-state index contributed by atoms with van der Waals surface area (Å²) in [6.45, 7) is 0. The van der Waals surface area contributed by atoms with E-state index in [1.54, 1.807) is 12.1 Å². The first-order valence-electron chi connectivity index (χ1n) is 5.47. The Bertz CT molecular complexity index is 675. The maximum atomic E-state index is 10.1. The van der Waals surface area contributed by atoms with Crippen LogP contribution in [0.5, 0.6) is 17.2 Å². The molecular formula is C13H10Br2N2O3. The van der Waals surface area contributed by atoms with E-state index < -0.39 is 0 Å². The summed E-state index contributed by atoms with van der Waals surface area (Å²) in [6, 6.07) is 4.72. The lowest BCUT2D eigenvalue weighted by Gasteiger charge is -2.09. The second-order valence-electron chi connectivity index (χ2n) is 3.74. The maximum Gasteiger partial charge on any atom is 0.194 e. The van der Waals surface area contributed by atoms with Crippen LogP contribution >= 0.6 is 31.9 Å². The van der Waals surface area contributed by atoms with Crippen molar-refractivity contribution in [1.82, 2.24) is 4.98 Å². The topological polar surface area (TPSA) is 74.9 Å². The van der Waals surface area contributed by atoms with Gasteiger partial charge in [0.2, 0.25) is 0 Å². The molecule has 0 spiro atoms. The van der Waals surface area contributed by atoms with E-state index in [0.717, 1.165) is 0 Å². The molecule has 0 saturated heterocycles. The fourth-order valence-corrected chi connectivity index (χ4v) is 2.33. The largest absolute Gasteiger partial charge is 0.504 e. The van der Waals surface area contributed by atoms with Gasteiger partial charge in [0, 0.05) is 21.4 Å². The Labute approximate surface area is 132 Å². The number of benzene rings is 1. The summed E-state index contributed by atoms with van der Waals surface area (Å²) in [6.07, 6.45) is 2.91. The lowest BCUT2D eigenvalue weighted by atomic mass is 10.2. The van der Waals surface area contributed by atoms with Crippen LogP contribution in [0, 0.1) is 0 Å². The van der Waals surface area contributed by atoms with Crippen molar-refractivity contribution < 1.29 is 14.9 Å². The molecule has 7 heteroatoms. The fraction of sp³-hybridized carbons (Fsp3) is 0.0769. The molecule has 0 radical (unpaired) electrons. The van der Waals surface area contributed by atoms with Crippen molar-refractivity contribution >= 4 is 43.9 Å². The van der Waals surface area contributed by atoms with Gasteiger partial charge in [-0.2, -0.15) is 0 Å². The van der Waals surface area contributed by atoms with Gasteiger partial charge >= 0.3 is 0 Å². The molecular weight excluding hydrogens is 392 g/mol. The lowest BCUT2D eigenvalue weighted by molar-refractivity contribution is 0.372. The standard InChI is InChI=1S/C13H10Br2N2O3/c1-20-10-5-8(14)11(15)7(12(10)19)6-17-13-9(18)3-2-4-16-13/h2-6,18-19H,1H3/b17-6+. The summed E-state index contributed by atoms with van der Waals surface area (Å²) in [5, 5.41) is 19.7. The average molecular weight is 402 g/mol. The molecule has 20 heavy (non-hydrogen) atoms. The van der Waals surface area contributed by atoms with E-state index in [0.29, 0.717) is 20.3 Å². The molecule has 0 aliphatic heterocycles. The highest BCUT2D eigenvalue weighted by molar-refractivity contribution is 9.13. The third-order valence-corrected chi connectivity index (χ3v) is 4.51. The van der Waals surface area contributed by atoms with Gasteiger partial charge in [0.1, 0.15) is 0 Å². The number of hydrogen-bond acceptors (Lipinski definition) is 5. The number of phenolic OH excluding ortho intramolecular Hbond substituents is 1. The molecule has 0 bridgehead atoms. The molecule has 1 aromatic carbocycles. The average Bonchev–Trinajstić information content (AvgIpc) is 2.44. The Morgan fingerprint density at radius 3 is 2.75 bits per heavy atom. The van der Waals surface area contributed by atoms with Crippen molar-refractivity contribution in [3.8, 4) is 17.2 Å². The minimum Gasteiger partial charge on any atom is -0.504 e. The Morgan fingerprint density at radius 2 is 2.10 bits per heavy atom. The van der Waals surface area contributed by atoms with Crippen molar-refractivity contribution in [2.24, 2.45) is 4.99 Å². The zero-order chi connectivity index (χ0) is 14.7. The predicted octanol–water partition coefficient (Wildman–Crippen LogP) is 3.78. The first-order valence-corrected chi connectivity index (χ1v) is 7.06. The summed E-state index contributed by atoms with van der Waals surface area (Å²) in [4.78, 5) is 7.99. The molecule has 0 aliphatic carbocycles. The van der Waals surface area contributed by atoms with Gasteiger partial charge in [0.15, 0.2) is 23.1 Å². The number of nitrogens with zero attached hydrogens (tertiary/aromatic N) is 2. The monoisotopic (exact) mass is 400 g/mol. The molecule has 2 N–H and O–H groups in total. The second-order valence-corrected chi connectivity index (χ2v) is 5.39. The van der Waals surface area contributed by atoms with Crippen LogP contribution in [-0.2, 0) is 0 Å². The van der Waals surface area contributed by atoms with Crippen molar-refractivity contribution in [1.29, 1.82) is 0 Å². The first-order chi connectivity index (χ1) is 9.54. The molecule has 0 amide bonds. The van der Waals surface area contributed by atoms with E-state index in [1.165, 1.54) is 25.6 Å². The quantitative estimate of drug-likeness (QED) is 0.767. The summed E-state index contributed by atoms with van der Waals surface area (Å²) in [5.74, 6) is 0.382. The van der Waals surface area contributed by atoms with Gasteiger partial charge in [-0.25, -0.2) is 9.98 Å². The van der Waals surface area contributed by atoms with Crippen LogP contribution < -0.4 is 4.74 Å². The highest BCUT2D eigenvalue weighted by Crippen LogP contribution is 2.39. The van der Waals surface area contributed by atoms with Crippen LogP contribution in [0.1, 0.15) is 5.56 Å². The molecule has 2 rings (SSSR count). The molecule has 2 aromatic rings. The minimum absolute atomic E-state index is 0.0404.